The maximum Gasteiger partial charge on any atom is 0.354 e. The van der Waals surface area contributed by atoms with Crippen LogP contribution in [0.25, 0.3) is 0 Å². The summed E-state index contributed by atoms with van der Waals surface area (Å²) in [5.41, 5.74) is -0.0116. The Labute approximate surface area is 112 Å². The number of rotatable bonds is 7. The number of aromatic nitrogens is 1. The van der Waals surface area contributed by atoms with Gasteiger partial charge in [-0.15, -0.1) is 6.58 Å². The van der Waals surface area contributed by atoms with Crippen molar-refractivity contribution >= 4 is 11.9 Å². The van der Waals surface area contributed by atoms with E-state index in [-0.39, 0.29) is 23.3 Å². The summed E-state index contributed by atoms with van der Waals surface area (Å²) in [5, 5.41) is 11.6. The fourth-order valence-electron chi connectivity index (χ4n) is 1.62. The second-order valence-corrected chi connectivity index (χ2v) is 4.31. The zero-order chi connectivity index (χ0) is 14.3. The molecule has 0 aliphatic heterocycles. The minimum absolute atomic E-state index is 0.0164. The van der Waals surface area contributed by atoms with Crippen LogP contribution in [0.15, 0.2) is 30.9 Å². The van der Waals surface area contributed by atoms with Gasteiger partial charge in [-0.25, -0.2) is 9.78 Å². The molecule has 0 bridgehead atoms. The summed E-state index contributed by atoms with van der Waals surface area (Å²) < 4.78 is 0. The van der Waals surface area contributed by atoms with Gasteiger partial charge in [-0.05, 0) is 38.3 Å². The molecule has 5 heteroatoms. The van der Waals surface area contributed by atoms with Crippen LogP contribution in [0.1, 0.15) is 47.2 Å². The summed E-state index contributed by atoms with van der Waals surface area (Å²) in [6.45, 7) is 5.54. The first-order valence-corrected chi connectivity index (χ1v) is 6.16. The molecule has 0 aromatic carbocycles. The second kappa shape index (κ2) is 7.31. The number of carboxylic acids is 1. The molecule has 1 heterocycles. The van der Waals surface area contributed by atoms with E-state index in [2.05, 4.69) is 16.9 Å². The van der Waals surface area contributed by atoms with Crippen LogP contribution in [0.4, 0.5) is 0 Å². The fourth-order valence-corrected chi connectivity index (χ4v) is 1.62. The lowest BCUT2D eigenvalue weighted by atomic mass is 10.1. The van der Waals surface area contributed by atoms with Gasteiger partial charge in [0.1, 0.15) is 11.4 Å². The van der Waals surface area contributed by atoms with Gasteiger partial charge in [0.2, 0.25) is 0 Å². The SMILES string of the molecule is C=CCCCC(C)NC(=O)c1cccc(C(=O)O)n1. The molecule has 1 rings (SSSR count). The number of unbranched alkanes of at least 4 members (excludes halogenated alkanes) is 1. The molecule has 0 spiro atoms. The number of hydrogen-bond donors (Lipinski definition) is 2. The van der Waals surface area contributed by atoms with Crippen molar-refractivity contribution in [1.29, 1.82) is 0 Å². The Hall–Kier alpha value is -2.17. The van der Waals surface area contributed by atoms with Crippen LogP contribution in [-0.2, 0) is 0 Å². The third kappa shape index (κ3) is 4.91. The molecule has 5 nitrogen and oxygen atoms in total. The molecule has 1 amide bonds. The first-order chi connectivity index (χ1) is 9.04. The maximum absolute atomic E-state index is 11.9. The molecule has 1 aromatic rings. The van der Waals surface area contributed by atoms with Crippen molar-refractivity contribution in [3.05, 3.63) is 42.2 Å². The Morgan fingerprint density at radius 1 is 1.47 bits per heavy atom. The monoisotopic (exact) mass is 262 g/mol. The summed E-state index contributed by atoms with van der Waals surface area (Å²) in [7, 11) is 0. The van der Waals surface area contributed by atoms with Crippen molar-refractivity contribution < 1.29 is 14.7 Å². The molecule has 0 saturated carbocycles. The highest BCUT2D eigenvalue weighted by Gasteiger charge is 2.13. The lowest BCUT2D eigenvalue weighted by Crippen LogP contribution is -2.33. The van der Waals surface area contributed by atoms with E-state index < -0.39 is 5.97 Å². The number of allylic oxidation sites excluding steroid dienone is 1. The highest BCUT2D eigenvalue weighted by atomic mass is 16.4. The van der Waals surface area contributed by atoms with Crippen LogP contribution in [0.5, 0.6) is 0 Å². The van der Waals surface area contributed by atoms with Crippen LogP contribution in [0.2, 0.25) is 0 Å². The van der Waals surface area contributed by atoms with Gasteiger partial charge in [-0.3, -0.25) is 4.79 Å². The van der Waals surface area contributed by atoms with Crippen molar-refractivity contribution in [2.24, 2.45) is 0 Å². The largest absolute Gasteiger partial charge is 0.477 e. The molecule has 102 valence electrons. The number of pyridine rings is 1. The zero-order valence-electron chi connectivity index (χ0n) is 10.9. The molecule has 2 N–H and O–H groups in total. The first kappa shape index (κ1) is 14.9. The van der Waals surface area contributed by atoms with Crippen molar-refractivity contribution in [3.63, 3.8) is 0 Å². The molecule has 1 aromatic heterocycles. The van der Waals surface area contributed by atoms with E-state index in [0.29, 0.717) is 0 Å². The normalized spacial score (nSPS) is 11.6. The fraction of sp³-hybridized carbons (Fsp3) is 0.357. The second-order valence-electron chi connectivity index (χ2n) is 4.31. The Kier molecular flexibility index (Phi) is 5.73. The number of nitrogens with one attached hydrogen (secondary N) is 1. The quantitative estimate of drug-likeness (QED) is 0.583. The maximum atomic E-state index is 11.9. The average molecular weight is 262 g/mol. The molecular formula is C14H18N2O3. The summed E-state index contributed by atoms with van der Waals surface area (Å²) in [6, 6.07) is 4.38. The first-order valence-electron chi connectivity index (χ1n) is 6.16. The molecule has 0 aliphatic rings. The smallest absolute Gasteiger partial charge is 0.354 e. The van der Waals surface area contributed by atoms with Crippen LogP contribution < -0.4 is 5.32 Å². The lowest BCUT2D eigenvalue weighted by Gasteiger charge is -2.13. The predicted octanol–water partition coefficient (Wildman–Crippen LogP) is 2.25. The van der Waals surface area contributed by atoms with Gasteiger partial charge in [0.05, 0.1) is 0 Å². The summed E-state index contributed by atoms with van der Waals surface area (Å²) in [6.07, 6.45) is 4.54. The van der Waals surface area contributed by atoms with Crippen LogP contribution in [-0.4, -0.2) is 28.0 Å². The number of carbonyl (C=O) groups is 2. The Morgan fingerprint density at radius 2 is 2.16 bits per heavy atom. The average Bonchev–Trinajstić information content (AvgIpc) is 2.39. The Morgan fingerprint density at radius 3 is 2.79 bits per heavy atom. The van der Waals surface area contributed by atoms with Gasteiger partial charge in [-0.1, -0.05) is 12.1 Å². The number of nitrogens with zero attached hydrogens (tertiary/aromatic N) is 1. The minimum atomic E-state index is -1.14. The van der Waals surface area contributed by atoms with Gasteiger partial charge >= 0.3 is 5.97 Å². The summed E-state index contributed by atoms with van der Waals surface area (Å²) in [5.74, 6) is -1.50. The molecule has 0 fully saturated rings. The van der Waals surface area contributed by atoms with Gasteiger partial charge in [0.25, 0.3) is 5.91 Å². The standard InChI is InChI=1S/C14H18N2O3/c1-3-4-5-7-10(2)15-13(17)11-8-6-9-12(16-11)14(18)19/h3,6,8-10H,1,4-5,7H2,2H3,(H,15,17)(H,18,19). The van der Waals surface area contributed by atoms with Crippen molar-refractivity contribution in [2.75, 3.05) is 0 Å². The van der Waals surface area contributed by atoms with Crippen LogP contribution >= 0.6 is 0 Å². The number of carboxylic acid groups (broad SMARTS) is 1. The molecule has 0 saturated heterocycles. The van der Waals surface area contributed by atoms with Gasteiger partial charge in [0, 0.05) is 6.04 Å². The van der Waals surface area contributed by atoms with Crippen LogP contribution in [0, 0.1) is 0 Å². The summed E-state index contributed by atoms with van der Waals surface area (Å²) in [4.78, 5) is 26.4. The van der Waals surface area contributed by atoms with Crippen molar-refractivity contribution in [3.8, 4) is 0 Å². The number of carbonyl (C=O) groups excluding carboxylic acids is 1. The number of hydrogen-bond acceptors (Lipinski definition) is 3. The molecular weight excluding hydrogens is 244 g/mol. The van der Waals surface area contributed by atoms with Crippen molar-refractivity contribution in [1.82, 2.24) is 10.3 Å². The zero-order valence-corrected chi connectivity index (χ0v) is 10.9. The van der Waals surface area contributed by atoms with Gasteiger partial charge < -0.3 is 10.4 Å². The Bertz CT molecular complexity index is 472. The lowest BCUT2D eigenvalue weighted by molar-refractivity contribution is 0.0690. The Balaban J connectivity index is 2.60. The highest BCUT2D eigenvalue weighted by Crippen LogP contribution is 2.04. The van der Waals surface area contributed by atoms with E-state index in [9.17, 15) is 9.59 Å². The molecule has 19 heavy (non-hydrogen) atoms. The molecule has 1 atom stereocenters. The van der Waals surface area contributed by atoms with Gasteiger partial charge in [-0.2, -0.15) is 0 Å². The summed E-state index contributed by atoms with van der Waals surface area (Å²) >= 11 is 0. The third-order valence-electron chi connectivity index (χ3n) is 2.62. The predicted molar refractivity (Wildman–Crippen MR) is 72.2 cm³/mol. The van der Waals surface area contributed by atoms with E-state index in [1.165, 1.54) is 18.2 Å². The topological polar surface area (TPSA) is 79.3 Å². The third-order valence-corrected chi connectivity index (χ3v) is 2.62. The molecule has 0 aliphatic carbocycles. The minimum Gasteiger partial charge on any atom is -0.477 e. The number of amides is 1. The van der Waals surface area contributed by atoms with E-state index in [0.717, 1.165) is 19.3 Å². The van der Waals surface area contributed by atoms with Crippen LogP contribution in [0.3, 0.4) is 0 Å². The van der Waals surface area contributed by atoms with Gasteiger partial charge in [0.15, 0.2) is 0 Å². The highest BCUT2D eigenvalue weighted by molar-refractivity contribution is 5.94. The molecule has 1 unspecified atom stereocenters. The van der Waals surface area contributed by atoms with Crippen molar-refractivity contribution in [2.45, 2.75) is 32.2 Å². The van der Waals surface area contributed by atoms with E-state index in [1.807, 2.05) is 13.0 Å². The van der Waals surface area contributed by atoms with E-state index in [4.69, 9.17) is 5.11 Å². The number of aromatic carboxylic acids is 1. The van der Waals surface area contributed by atoms with E-state index in [1.54, 1.807) is 0 Å². The molecule has 0 radical (unpaired) electrons. The van der Waals surface area contributed by atoms with E-state index >= 15 is 0 Å².